The van der Waals surface area contributed by atoms with Crippen molar-refractivity contribution < 1.29 is 4.79 Å². The largest absolute Gasteiger partial charge is 0.355 e. The number of carbonyl (C=O) groups is 1. The van der Waals surface area contributed by atoms with Crippen LogP contribution in [-0.4, -0.2) is 29.5 Å². The fourth-order valence-corrected chi connectivity index (χ4v) is 3.80. The van der Waals surface area contributed by atoms with Gasteiger partial charge in [0.15, 0.2) is 0 Å². The number of anilines is 1. The summed E-state index contributed by atoms with van der Waals surface area (Å²) in [6.45, 7) is 7.51. The maximum absolute atomic E-state index is 12.6. The molecule has 1 atom stereocenters. The summed E-state index contributed by atoms with van der Waals surface area (Å²) in [6, 6.07) is 4.34. The Morgan fingerprint density at radius 2 is 2.08 bits per heavy atom. The van der Waals surface area contributed by atoms with Crippen LogP contribution in [0.2, 0.25) is 0 Å². The number of nitrogens with zero attached hydrogens (tertiary/aromatic N) is 3. The van der Waals surface area contributed by atoms with Crippen LogP contribution in [0.1, 0.15) is 63.3 Å². The van der Waals surface area contributed by atoms with Gasteiger partial charge in [0.1, 0.15) is 11.9 Å². The van der Waals surface area contributed by atoms with E-state index in [1.54, 1.807) is 0 Å². The maximum atomic E-state index is 12.6. The van der Waals surface area contributed by atoms with E-state index in [1.165, 1.54) is 18.4 Å². The summed E-state index contributed by atoms with van der Waals surface area (Å²) in [5, 5.41) is 12.7. The van der Waals surface area contributed by atoms with Crippen LogP contribution in [0.25, 0.3) is 0 Å². The number of hydrogen-bond acceptors (Lipinski definition) is 4. The van der Waals surface area contributed by atoms with Gasteiger partial charge >= 0.3 is 0 Å². The molecule has 1 N–H and O–H groups in total. The second-order valence-electron chi connectivity index (χ2n) is 8.31. The summed E-state index contributed by atoms with van der Waals surface area (Å²) >= 11 is 0. The summed E-state index contributed by atoms with van der Waals surface area (Å²) in [6.07, 6.45) is 6.21. The van der Waals surface area contributed by atoms with Crippen LogP contribution in [0.4, 0.5) is 5.82 Å². The summed E-state index contributed by atoms with van der Waals surface area (Å²) in [5.74, 6) is 0.836. The SMILES string of the molecule is CC(C)(C)NC(=O)C1CCCN(c2nc3c(cc2C#N)CCCC3)C1. The highest BCUT2D eigenvalue weighted by Gasteiger charge is 2.30. The molecule has 25 heavy (non-hydrogen) atoms. The number of aryl methyl sites for hydroxylation is 2. The lowest BCUT2D eigenvalue weighted by atomic mass is 9.93. The highest BCUT2D eigenvalue weighted by Crippen LogP contribution is 2.29. The first-order valence-electron chi connectivity index (χ1n) is 9.37. The van der Waals surface area contributed by atoms with E-state index in [0.717, 1.165) is 43.7 Å². The molecule has 1 aromatic heterocycles. The zero-order chi connectivity index (χ0) is 18.0. The summed E-state index contributed by atoms with van der Waals surface area (Å²) in [5.41, 5.74) is 2.80. The molecule has 2 heterocycles. The summed E-state index contributed by atoms with van der Waals surface area (Å²) < 4.78 is 0. The Kier molecular flexibility index (Phi) is 4.99. The van der Waals surface area contributed by atoms with Gasteiger partial charge in [-0.15, -0.1) is 0 Å². The number of aromatic nitrogens is 1. The molecule has 0 aromatic carbocycles. The topological polar surface area (TPSA) is 69.0 Å². The van der Waals surface area contributed by atoms with Crippen LogP contribution in [0.5, 0.6) is 0 Å². The fourth-order valence-electron chi connectivity index (χ4n) is 3.80. The number of fused-ring (bicyclic) bond motifs is 1. The Morgan fingerprint density at radius 1 is 1.32 bits per heavy atom. The van der Waals surface area contributed by atoms with E-state index < -0.39 is 0 Å². The number of rotatable bonds is 2. The Balaban J connectivity index is 1.82. The molecule has 5 nitrogen and oxygen atoms in total. The van der Waals surface area contributed by atoms with Crippen molar-refractivity contribution in [1.29, 1.82) is 5.26 Å². The van der Waals surface area contributed by atoms with Crippen LogP contribution in [0, 0.1) is 17.2 Å². The predicted molar refractivity (Wildman–Crippen MR) is 98.4 cm³/mol. The minimum atomic E-state index is -0.221. The lowest BCUT2D eigenvalue weighted by Gasteiger charge is -2.35. The van der Waals surface area contributed by atoms with Crippen molar-refractivity contribution in [2.45, 2.75) is 64.8 Å². The molecule has 1 aliphatic carbocycles. The standard InChI is InChI=1S/C20H28N4O/c1-20(2,3)23-19(25)15-8-6-10-24(13-15)18-16(12-21)11-14-7-4-5-9-17(14)22-18/h11,15H,4-10,13H2,1-3H3,(H,23,25). The molecule has 0 spiro atoms. The van der Waals surface area contributed by atoms with Crippen molar-refractivity contribution in [2.75, 3.05) is 18.0 Å². The van der Waals surface area contributed by atoms with Crippen LogP contribution < -0.4 is 10.2 Å². The number of carbonyl (C=O) groups excluding carboxylic acids is 1. The number of pyridine rings is 1. The minimum Gasteiger partial charge on any atom is -0.355 e. The molecule has 0 saturated carbocycles. The van der Waals surface area contributed by atoms with E-state index in [2.05, 4.69) is 16.3 Å². The smallest absolute Gasteiger partial charge is 0.225 e. The highest BCUT2D eigenvalue weighted by atomic mass is 16.2. The van der Waals surface area contributed by atoms with Crippen molar-refractivity contribution in [3.05, 3.63) is 22.9 Å². The maximum Gasteiger partial charge on any atom is 0.225 e. The third-order valence-electron chi connectivity index (χ3n) is 4.99. The zero-order valence-corrected chi connectivity index (χ0v) is 15.6. The molecule has 3 rings (SSSR count). The Morgan fingerprint density at radius 3 is 2.80 bits per heavy atom. The lowest BCUT2D eigenvalue weighted by molar-refractivity contribution is -0.126. The Labute approximate surface area is 150 Å². The van der Waals surface area contributed by atoms with Crippen LogP contribution in [-0.2, 0) is 17.6 Å². The van der Waals surface area contributed by atoms with Gasteiger partial charge in [0, 0.05) is 24.3 Å². The van der Waals surface area contributed by atoms with Gasteiger partial charge in [0.2, 0.25) is 5.91 Å². The summed E-state index contributed by atoms with van der Waals surface area (Å²) in [7, 11) is 0. The van der Waals surface area contributed by atoms with Crippen molar-refractivity contribution >= 4 is 11.7 Å². The second kappa shape index (κ2) is 7.03. The third kappa shape index (κ3) is 4.12. The van der Waals surface area contributed by atoms with Crippen molar-refractivity contribution in [3.63, 3.8) is 0 Å². The normalized spacial score (nSPS) is 20.6. The molecular weight excluding hydrogens is 312 g/mol. The molecule has 1 aromatic rings. The molecule has 0 radical (unpaired) electrons. The predicted octanol–water partition coefficient (Wildman–Crippen LogP) is 2.96. The number of amides is 1. The first-order valence-corrected chi connectivity index (χ1v) is 9.37. The van der Waals surface area contributed by atoms with Crippen LogP contribution >= 0.6 is 0 Å². The molecule has 1 amide bonds. The van der Waals surface area contributed by atoms with E-state index in [0.29, 0.717) is 12.1 Å². The minimum absolute atomic E-state index is 0.0441. The zero-order valence-electron chi connectivity index (χ0n) is 15.6. The number of nitrogens with one attached hydrogen (secondary N) is 1. The fraction of sp³-hybridized carbons (Fsp3) is 0.650. The van der Waals surface area contributed by atoms with Gasteiger partial charge in [0.05, 0.1) is 11.5 Å². The van der Waals surface area contributed by atoms with Crippen molar-refractivity contribution in [1.82, 2.24) is 10.3 Å². The second-order valence-corrected chi connectivity index (χ2v) is 8.31. The van der Waals surface area contributed by atoms with Gasteiger partial charge in [-0.2, -0.15) is 5.26 Å². The van der Waals surface area contributed by atoms with E-state index in [1.807, 2.05) is 26.8 Å². The lowest BCUT2D eigenvalue weighted by Crippen LogP contribution is -2.49. The summed E-state index contributed by atoms with van der Waals surface area (Å²) in [4.78, 5) is 19.5. The highest BCUT2D eigenvalue weighted by molar-refractivity contribution is 5.80. The van der Waals surface area contributed by atoms with E-state index >= 15 is 0 Å². The molecule has 1 fully saturated rings. The van der Waals surface area contributed by atoms with Gasteiger partial charge < -0.3 is 10.2 Å². The molecular formula is C20H28N4O. The van der Waals surface area contributed by atoms with Gasteiger partial charge in [-0.1, -0.05) is 0 Å². The molecule has 134 valence electrons. The third-order valence-corrected chi connectivity index (χ3v) is 4.99. The van der Waals surface area contributed by atoms with E-state index in [4.69, 9.17) is 4.98 Å². The first-order chi connectivity index (χ1) is 11.9. The first kappa shape index (κ1) is 17.7. The van der Waals surface area contributed by atoms with Gasteiger partial charge in [-0.3, -0.25) is 4.79 Å². The molecule has 1 aliphatic heterocycles. The average molecular weight is 340 g/mol. The Hall–Kier alpha value is -2.09. The molecule has 5 heteroatoms. The molecule has 1 saturated heterocycles. The number of nitriles is 1. The molecule has 0 bridgehead atoms. The van der Waals surface area contributed by atoms with Gasteiger partial charge in [-0.25, -0.2) is 4.98 Å². The van der Waals surface area contributed by atoms with Gasteiger partial charge in [-0.05, 0) is 70.9 Å². The van der Waals surface area contributed by atoms with Crippen LogP contribution in [0.3, 0.4) is 0 Å². The van der Waals surface area contributed by atoms with Crippen molar-refractivity contribution in [2.24, 2.45) is 5.92 Å². The van der Waals surface area contributed by atoms with Crippen LogP contribution in [0.15, 0.2) is 6.07 Å². The van der Waals surface area contributed by atoms with E-state index in [9.17, 15) is 10.1 Å². The van der Waals surface area contributed by atoms with Crippen molar-refractivity contribution in [3.8, 4) is 6.07 Å². The molecule has 1 unspecified atom stereocenters. The monoisotopic (exact) mass is 340 g/mol. The number of hydrogen-bond donors (Lipinski definition) is 1. The quantitative estimate of drug-likeness (QED) is 0.899. The molecule has 2 aliphatic rings. The van der Waals surface area contributed by atoms with E-state index in [-0.39, 0.29) is 17.4 Å². The average Bonchev–Trinajstić information content (AvgIpc) is 2.59. The Bertz CT molecular complexity index is 699. The van der Waals surface area contributed by atoms with Gasteiger partial charge in [0.25, 0.3) is 0 Å². The number of piperidine rings is 1.